The Labute approximate surface area is 226 Å². The van der Waals surface area contributed by atoms with Crippen LogP contribution in [0.25, 0.3) is 0 Å². The van der Waals surface area contributed by atoms with Crippen LogP contribution in [0.4, 0.5) is 5.69 Å². The predicted molar refractivity (Wildman–Crippen MR) is 146 cm³/mol. The van der Waals surface area contributed by atoms with Gasteiger partial charge < -0.3 is 9.72 Å². The molecule has 1 fully saturated rings. The molecule has 9 heteroatoms. The Morgan fingerprint density at radius 1 is 0.973 bits per heavy atom. The maximum atomic E-state index is 13.7. The van der Waals surface area contributed by atoms with Crippen molar-refractivity contribution in [2.75, 3.05) is 4.90 Å². The fourth-order valence-corrected chi connectivity index (χ4v) is 7.60. The summed E-state index contributed by atoms with van der Waals surface area (Å²) in [5.41, 5.74) is 3.60. The van der Waals surface area contributed by atoms with Gasteiger partial charge in [0.25, 0.3) is 0 Å². The first kappa shape index (κ1) is 24.0. The Hall–Kier alpha value is -3.33. The number of nitrogens with zero attached hydrogens (tertiary/aromatic N) is 1. The number of benzene rings is 3. The van der Waals surface area contributed by atoms with Gasteiger partial charge in [-0.1, -0.05) is 76.7 Å². The summed E-state index contributed by atoms with van der Waals surface area (Å²) in [5.74, 6) is -0.925. The van der Waals surface area contributed by atoms with Crippen molar-refractivity contribution < 1.29 is 14.3 Å². The molecule has 0 aliphatic carbocycles. The highest BCUT2D eigenvalue weighted by Crippen LogP contribution is 2.53. The van der Waals surface area contributed by atoms with Gasteiger partial charge in [0.15, 0.2) is 0 Å². The molecule has 3 heterocycles. The van der Waals surface area contributed by atoms with Crippen LogP contribution in [0.2, 0.25) is 5.02 Å². The van der Waals surface area contributed by atoms with E-state index >= 15 is 0 Å². The van der Waals surface area contributed by atoms with Gasteiger partial charge >= 0.3 is 4.87 Å². The third-order valence-electron chi connectivity index (χ3n) is 6.64. The van der Waals surface area contributed by atoms with Crippen LogP contribution in [0.1, 0.15) is 27.5 Å². The van der Waals surface area contributed by atoms with E-state index < -0.39 is 17.1 Å². The van der Waals surface area contributed by atoms with E-state index in [2.05, 4.69) is 11.1 Å². The second-order valence-electron chi connectivity index (χ2n) is 9.08. The summed E-state index contributed by atoms with van der Waals surface area (Å²) in [6.07, 6.45) is 0. The number of halogens is 1. The van der Waals surface area contributed by atoms with Crippen LogP contribution in [0.15, 0.2) is 82.6 Å². The average Bonchev–Trinajstić information content (AvgIpc) is 3.38. The monoisotopic (exact) mass is 548 g/mol. The highest BCUT2D eigenvalue weighted by molar-refractivity contribution is 8.00. The molecule has 2 amide bonds. The molecular weight excluding hydrogens is 528 g/mol. The normalized spacial score (nSPS) is 20.6. The zero-order chi connectivity index (χ0) is 25.7. The first-order valence-electron chi connectivity index (χ1n) is 11.7. The maximum absolute atomic E-state index is 13.7. The lowest BCUT2D eigenvalue weighted by molar-refractivity contribution is -0.122. The molecule has 3 atom stereocenters. The standard InChI is InChI=1S/C28H21ClN2O4S2/c1-15-3-2-4-16(13-15)14-35-20-11-5-17(6-12-20)21-22-24(36-25-23(21)37-28(34)30-25)27(33)31(26(22)32)19-9-7-18(29)8-10-19/h2-13,21-22,24H,14H2,1H3,(H,30,34)/t21-,22?,24?/m1/s1. The van der Waals surface area contributed by atoms with Crippen LogP contribution in [-0.4, -0.2) is 22.0 Å². The largest absolute Gasteiger partial charge is 0.489 e. The molecule has 1 aromatic heterocycles. The number of H-pyrrole nitrogens is 1. The zero-order valence-corrected chi connectivity index (χ0v) is 22.0. The number of aromatic nitrogens is 1. The van der Waals surface area contributed by atoms with E-state index in [1.54, 1.807) is 24.3 Å². The minimum Gasteiger partial charge on any atom is -0.489 e. The second kappa shape index (κ2) is 9.52. The van der Waals surface area contributed by atoms with Gasteiger partial charge in [-0.3, -0.25) is 14.4 Å². The van der Waals surface area contributed by atoms with Crippen molar-refractivity contribution in [2.24, 2.45) is 5.92 Å². The van der Waals surface area contributed by atoms with Crippen LogP contribution in [-0.2, 0) is 16.2 Å². The third-order valence-corrected chi connectivity index (χ3v) is 9.29. The number of thioether (sulfide) groups is 1. The molecule has 3 aromatic carbocycles. The molecule has 1 saturated heterocycles. The Bertz CT molecular complexity index is 1560. The van der Waals surface area contributed by atoms with Crippen LogP contribution >= 0.6 is 34.7 Å². The lowest BCUT2D eigenvalue weighted by atomic mass is 9.83. The third kappa shape index (κ3) is 4.39. The molecule has 2 aliphatic heterocycles. The Morgan fingerprint density at radius 2 is 1.73 bits per heavy atom. The predicted octanol–water partition coefficient (Wildman–Crippen LogP) is 5.77. The molecule has 0 radical (unpaired) electrons. The molecule has 0 spiro atoms. The quantitative estimate of drug-likeness (QED) is 0.320. The van der Waals surface area contributed by atoms with E-state index in [0.29, 0.717) is 28.1 Å². The minimum absolute atomic E-state index is 0.199. The highest BCUT2D eigenvalue weighted by atomic mass is 35.5. The van der Waals surface area contributed by atoms with Gasteiger partial charge in [-0.15, -0.1) is 0 Å². The number of nitrogens with one attached hydrogen (secondary N) is 1. The Morgan fingerprint density at radius 3 is 2.46 bits per heavy atom. The number of rotatable bonds is 5. The Kier molecular flexibility index (Phi) is 6.18. The summed E-state index contributed by atoms with van der Waals surface area (Å²) in [7, 11) is 0. The summed E-state index contributed by atoms with van der Waals surface area (Å²) in [6.45, 7) is 2.49. The summed E-state index contributed by atoms with van der Waals surface area (Å²) in [4.78, 5) is 44.2. The molecule has 186 valence electrons. The number of aromatic amines is 1. The van der Waals surface area contributed by atoms with Crippen molar-refractivity contribution in [1.82, 2.24) is 4.98 Å². The van der Waals surface area contributed by atoms with Crippen molar-refractivity contribution in [2.45, 2.75) is 29.7 Å². The van der Waals surface area contributed by atoms with E-state index in [9.17, 15) is 14.4 Å². The number of hydrogen-bond donors (Lipinski definition) is 1. The van der Waals surface area contributed by atoms with E-state index in [-0.39, 0.29) is 16.7 Å². The van der Waals surface area contributed by atoms with E-state index in [1.165, 1.54) is 22.2 Å². The summed E-state index contributed by atoms with van der Waals surface area (Å²) in [6, 6.07) is 22.4. The van der Waals surface area contributed by atoms with Gasteiger partial charge in [0.2, 0.25) is 11.8 Å². The molecule has 1 N–H and O–H groups in total. The fourth-order valence-electron chi connectivity index (χ4n) is 4.96. The molecular formula is C28H21ClN2O4S2. The Balaban J connectivity index is 1.32. The number of amides is 2. The summed E-state index contributed by atoms with van der Waals surface area (Å²) < 4.78 is 5.97. The number of imide groups is 1. The van der Waals surface area contributed by atoms with Crippen molar-refractivity contribution >= 4 is 52.2 Å². The first-order valence-corrected chi connectivity index (χ1v) is 13.8. The zero-order valence-electron chi connectivity index (χ0n) is 19.6. The molecule has 6 nitrogen and oxygen atoms in total. The van der Waals surface area contributed by atoms with Crippen LogP contribution in [0, 0.1) is 12.8 Å². The molecule has 0 bridgehead atoms. The molecule has 2 aliphatic rings. The first-order chi connectivity index (χ1) is 17.9. The number of hydrogen-bond acceptors (Lipinski definition) is 6. The minimum atomic E-state index is -0.636. The summed E-state index contributed by atoms with van der Waals surface area (Å²) >= 11 is 8.38. The highest BCUT2D eigenvalue weighted by Gasteiger charge is 2.56. The van der Waals surface area contributed by atoms with Crippen molar-refractivity contribution in [1.29, 1.82) is 0 Å². The van der Waals surface area contributed by atoms with E-state index in [0.717, 1.165) is 27.3 Å². The molecule has 2 unspecified atom stereocenters. The second-order valence-corrected chi connectivity index (χ2v) is 11.7. The van der Waals surface area contributed by atoms with Crippen LogP contribution < -0.4 is 14.5 Å². The fraction of sp³-hybridized carbons (Fsp3) is 0.179. The van der Waals surface area contributed by atoms with Gasteiger partial charge in [0, 0.05) is 15.8 Å². The van der Waals surface area contributed by atoms with Crippen molar-refractivity contribution in [3.8, 4) is 5.75 Å². The molecule has 4 aromatic rings. The number of carbonyl (C=O) groups is 2. The van der Waals surface area contributed by atoms with Gasteiger partial charge in [0.1, 0.15) is 17.6 Å². The topological polar surface area (TPSA) is 79.5 Å². The summed E-state index contributed by atoms with van der Waals surface area (Å²) in [5, 5.41) is 0.542. The van der Waals surface area contributed by atoms with Gasteiger partial charge in [-0.2, -0.15) is 0 Å². The number of fused-ring (bicyclic) bond motifs is 2. The number of aryl methyl sites for hydroxylation is 1. The SMILES string of the molecule is Cc1cccc(COc2ccc([C@H]3c4sc(=O)[nH]c4SC4C(=O)N(c5ccc(Cl)cc5)C(=O)C43)cc2)c1. The number of carbonyl (C=O) groups excluding carboxylic acids is 2. The number of anilines is 1. The van der Waals surface area contributed by atoms with Gasteiger partial charge in [-0.05, 0) is 54.4 Å². The van der Waals surface area contributed by atoms with Gasteiger partial charge in [0.05, 0.1) is 16.6 Å². The van der Waals surface area contributed by atoms with Crippen LogP contribution in [0.3, 0.4) is 0 Å². The van der Waals surface area contributed by atoms with Crippen LogP contribution in [0.5, 0.6) is 5.75 Å². The smallest absolute Gasteiger partial charge is 0.305 e. The maximum Gasteiger partial charge on any atom is 0.305 e. The lowest BCUT2D eigenvalue weighted by Crippen LogP contribution is -2.32. The number of ether oxygens (including phenoxy) is 1. The van der Waals surface area contributed by atoms with Crippen molar-refractivity contribution in [3.05, 3.63) is 109 Å². The van der Waals surface area contributed by atoms with E-state index in [1.807, 2.05) is 49.4 Å². The molecule has 37 heavy (non-hydrogen) atoms. The van der Waals surface area contributed by atoms with E-state index in [4.69, 9.17) is 16.3 Å². The van der Waals surface area contributed by atoms with Gasteiger partial charge in [-0.25, -0.2) is 4.90 Å². The molecule has 6 rings (SSSR count). The average molecular weight is 549 g/mol. The number of thiazole rings is 1. The lowest BCUT2D eigenvalue weighted by Gasteiger charge is -2.29. The van der Waals surface area contributed by atoms with Crippen molar-refractivity contribution in [3.63, 3.8) is 0 Å². The molecule has 0 saturated carbocycles.